The van der Waals surface area contributed by atoms with Crippen molar-refractivity contribution in [3.8, 4) is 0 Å². The fraction of sp³-hybridized carbons (Fsp3) is 0.696. The molecule has 3 fully saturated rings. The van der Waals surface area contributed by atoms with Gasteiger partial charge in [-0.2, -0.15) is 0 Å². The Morgan fingerprint density at radius 3 is 2.53 bits per heavy atom. The lowest BCUT2D eigenvalue weighted by atomic mass is 9.97. The van der Waals surface area contributed by atoms with Gasteiger partial charge in [0.25, 0.3) is 0 Å². The minimum absolute atomic E-state index is 0.0628. The van der Waals surface area contributed by atoms with Gasteiger partial charge in [-0.15, -0.1) is 0 Å². The van der Waals surface area contributed by atoms with Crippen LogP contribution < -0.4 is 10.2 Å². The normalized spacial score (nSPS) is 24.1. The first-order chi connectivity index (χ1) is 14.6. The predicted octanol–water partition coefficient (Wildman–Crippen LogP) is 1.87. The molecule has 30 heavy (non-hydrogen) atoms. The van der Waals surface area contributed by atoms with Crippen molar-refractivity contribution in [1.82, 2.24) is 15.1 Å². The van der Waals surface area contributed by atoms with Crippen LogP contribution in [0.2, 0.25) is 0 Å². The molecule has 7 nitrogen and oxygen atoms in total. The maximum atomic E-state index is 12.9. The molecule has 0 radical (unpaired) electrons. The fourth-order valence-corrected chi connectivity index (χ4v) is 4.89. The number of morpholine rings is 1. The molecule has 1 N–H and O–H groups in total. The Balaban J connectivity index is 1.29. The number of ether oxygens (including phenoxy) is 2. The monoisotopic (exact) mass is 416 g/mol. The molecule has 4 rings (SSSR count). The molecule has 0 aliphatic carbocycles. The van der Waals surface area contributed by atoms with E-state index in [0.29, 0.717) is 18.5 Å². The van der Waals surface area contributed by atoms with E-state index in [0.717, 1.165) is 72.1 Å². The highest BCUT2D eigenvalue weighted by Crippen LogP contribution is 2.24. The Morgan fingerprint density at radius 2 is 1.83 bits per heavy atom. The Kier molecular flexibility index (Phi) is 7.12. The number of piperazine rings is 1. The highest BCUT2D eigenvalue weighted by molar-refractivity contribution is 5.74. The van der Waals surface area contributed by atoms with Crippen LogP contribution in [0.1, 0.15) is 17.5 Å². The molecule has 1 aromatic carbocycles. The first-order valence-electron chi connectivity index (χ1n) is 11.4. The number of benzene rings is 1. The number of carbonyl (C=O) groups is 1. The van der Waals surface area contributed by atoms with Gasteiger partial charge in [-0.25, -0.2) is 4.79 Å². The SMILES string of the molecule is Cc1cccc(N2CCN(C(=O)NC[C@@H]([C@@H]3CCOC3)N3CCOCC3)CC2)c1C. The van der Waals surface area contributed by atoms with Crippen LogP contribution in [0.3, 0.4) is 0 Å². The summed E-state index contributed by atoms with van der Waals surface area (Å²) in [5.74, 6) is 0.490. The van der Waals surface area contributed by atoms with E-state index in [1.165, 1.54) is 16.8 Å². The molecule has 3 heterocycles. The summed E-state index contributed by atoms with van der Waals surface area (Å²) in [4.78, 5) is 19.7. The van der Waals surface area contributed by atoms with Crippen molar-refractivity contribution in [2.75, 3.05) is 77.1 Å². The van der Waals surface area contributed by atoms with Crippen LogP contribution in [0, 0.1) is 19.8 Å². The van der Waals surface area contributed by atoms with Gasteiger partial charge >= 0.3 is 6.03 Å². The van der Waals surface area contributed by atoms with E-state index in [2.05, 4.69) is 47.2 Å². The molecule has 166 valence electrons. The minimum Gasteiger partial charge on any atom is -0.381 e. The zero-order chi connectivity index (χ0) is 20.9. The van der Waals surface area contributed by atoms with Gasteiger partial charge in [0.05, 0.1) is 19.8 Å². The molecule has 0 bridgehead atoms. The van der Waals surface area contributed by atoms with Crippen LogP contribution >= 0.6 is 0 Å². The first kappa shape index (κ1) is 21.4. The molecule has 3 saturated heterocycles. The quantitative estimate of drug-likeness (QED) is 0.794. The number of nitrogens with zero attached hydrogens (tertiary/aromatic N) is 3. The minimum atomic E-state index is 0.0628. The van der Waals surface area contributed by atoms with Gasteiger partial charge < -0.3 is 24.6 Å². The third kappa shape index (κ3) is 4.90. The van der Waals surface area contributed by atoms with E-state index < -0.39 is 0 Å². The third-order valence-corrected chi connectivity index (χ3v) is 6.97. The van der Waals surface area contributed by atoms with Crippen LogP contribution in [-0.4, -0.2) is 94.1 Å². The molecular formula is C23H36N4O3. The highest BCUT2D eigenvalue weighted by Gasteiger charge is 2.32. The average molecular weight is 417 g/mol. The number of hydrogen-bond donors (Lipinski definition) is 1. The number of rotatable bonds is 5. The standard InChI is InChI=1S/C23H36N4O3/c1-18-4-3-5-21(19(18)2)25-7-9-27(10-8-25)23(28)24-16-22(20-6-13-30-17-20)26-11-14-29-15-12-26/h3-5,20,22H,6-17H2,1-2H3,(H,24,28)/t20-,22+/m1/s1. The molecule has 2 amide bonds. The van der Waals surface area contributed by atoms with Gasteiger partial charge in [0, 0.05) is 70.1 Å². The summed E-state index contributed by atoms with van der Waals surface area (Å²) >= 11 is 0. The molecular weight excluding hydrogens is 380 g/mol. The van der Waals surface area contributed by atoms with Gasteiger partial charge in [0.1, 0.15) is 0 Å². The van der Waals surface area contributed by atoms with E-state index in [4.69, 9.17) is 9.47 Å². The summed E-state index contributed by atoms with van der Waals surface area (Å²) in [7, 11) is 0. The number of amides is 2. The lowest BCUT2D eigenvalue weighted by Crippen LogP contribution is -2.56. The Bertz CT molecular complexity index is 708. The van der Waals surface area contributed by atoms with E-state index in [-0.39, 0.29) is 6.03 Å². The molecule has 1 aromatic rings. The van der Waals surface area contributed by atoms with Crippen LogP contribution in [0.15, 0.2) is 18.2 Å². The maximum Gasteiger partial charge on any atom is 0.317 e. The van der Waals surface area contributed by atoms with Crippen molar-refractivity contribution in [3.05, 3.63) is 29.3 Å². The second kappa shape index (κ2) is 9.98. The number of urea groups is 1. The van der Waals surface area contributed by atoms with E-state index in [1.807, 2.05) is 4.90 Å². The summed E-state index contributed by atoms with van der Waals surface area (Å²) in [5, 5.41) is 3.23. The van der Waals surface area contributed by atoms with Crippen molar-refractivity contribution in [2.45, 2.75) is 26.3 Å². The molecule has 0 aromatic heterocycles. The summed E-state index contributed by atoms with van der Waals surface area (Å²) in [5.41, 5.74) is 3.95. The molecule has 3 aliphatic rings. The smallest absolute Gasteiger partial charge is 0.317 e. The Hall–Kier alpha value is -1.83. The maximum absolute atomic E-state index is 12.9. The first-order valence-corrected chi connectivity index (χ1v) is 11.4. The average Bonchev–Trinajstić information content (AvgIpc) is 3.31. The fourth-order valence-electron chi connectivity index (χ4n) is 4.89. The summed E-state index contributed by atoms with van der Waals surface area (Å²) < 4.78 is 11.2. The van der Waals surface area contributed by atoms with Crippen LogP contribution in [0.5, 0.6) is 0 Å². The number of carbonyl (C=O) groups excluding carboxylic acids is 1. The Morgan fingerprint density at radius 1 is 1.07 bits per heavy atom. The molecule has 3 aliphatic heterocycles. The predicted molar refractivity (Wildman–Crippen MR) is 118 cm³/mol. The molecule has 0 spiro atoms. The molecule has 0 unspecified atom stereocenters. The van der Waals surface area contributed by atoms with Crippen molar-refractivity contribution in [3.63, 3.8) is 0 Å². The number of hydrogen-bond acceptors (Lipinski definition) is 5. The van der Waals surface area contributed by atoms with Crippen molar-refractivity contribution in [1.29, 1.82) is 0 Å². The van der Waals surface area contributed by atoms with Crippen LogP contribution in [0.4, 0.5) is 10.5 Å². The van der Waals surface area contributed by atoms with Crippen molar-refractivity contribution < 1.29 is 14.3 Å². The zero-order valence-corrected chi connectivity index (χ0v) is 18.4. The lowest BCUT2D eigenvalue weighted by Gasteiger charge is -2.39. The van der Waals surface area contributed by atoms with Gasteiger partial charge in [-0.3, -0.25) is 4.90 Å². The van der Waals surface area contributed by atoms with Crippen LogP contribution in [0.25, 0.3) is 0 Å². The second-order valence-electron chi connectivity index (χ2n) is 8.72. The number of anilines is 1. The molecule has 2 atom stereocenters. The van der Waals surface area contributed by atoms with E-state index in [1.54, 1.807) is 0 Å². The zero-order valence-electron chi connectivity index (χ0n) is 18.4. The van der Waals surface area contributed by atoms with Gasteiger partial charge in [-0.1, -0.05) is 12.1 Å². The van der Waals surface area contributed by atoms with Gasteiger partial charge in [0.2, 0.25) is 0 Å². The second-order valence-corrected chi connectivity index (χ2v) is 8.72. The lowest BCUT2D eigenvalue weighted by molar-refractivity contribution is 0.00185. The highest BCUT2D eigenvalue weighted by atomic mass is 16.5. The van der Waals surface area contributed by atoms with Gasteiger partial charge in [-0.05, 0) is 37.5 Å². The third-order valence-electron chi connectivity index (χ3n) is 6.97. The van der Waals surface area contributed by atoms with E-state index >= 15 is 0 Å². The largest absolute Gasteiger partial charge is 0.381 e. The number of nitrogens with one attached hydrogen (secondary N) is 1. The van der Waals surface area contributed by atoms with E-state index in [9.17, 15) is 4.79 Å². The summed E-state index contributed by atoms with van der Waals surface area (Å²) in [6.07, 6.45) is 1.08. The van der Waals surface area contributed by atoms with Crippen LogP contribution in [-0.2, 0) is 9.47 Å². The molecule has 0 saturated carbocycles. The van der Waals surface area contributed by atoms with Crippen molar-refractivity contribution in [2.24, 2.45) is 5.92 Å². The topological polar surface area (TPSA) is 57.3 Å². The summed E-state index contributed by atoms with van der Waals surface area (Å²) in [6.45, 7) is 13.3. The molecule has 7 heteroatoms. The summed E-state index contributed by atoms with van der Waals surface area (Å²) in [6, 6.07) is 6.86. The number of aryl methyl sites for hydroxylation is 1. The Labute approximate surface area is 180 Å². The van der Waals surface area contributed by atoms with Crippen molar-refractivity contribution >= 4 is 11.7 Å². The van der Waals surface area contributed by atoms with Gasteiger partial charge in [0.15, 0.2) is 0 Å².